The van der Waals surface area contributed by atoms with E-state index < -0.39 is 5.97 Å². The minimum Gasteiger partial charge on any atom is -0.481 e. The predicted molar refractivity (Wildman–Crippen MR) is 94.1 cm³/mol. The van der Waals surface area contributed by atoms with Gasteiger partial charge in [-0.1, -0.05) is 36.4 Å². The second-order valence-corrected chi connectivity index (χ2v) is 6.45. The highest BCUT2D eigenvalue weighted by Crippen LogP contribution is 2.28. The third kappa shape index (κ3) is 3.54. The fraction of sp³-hybridized carbons (Fsp3) is 0.158. The lowest BCUT2D eigenvalue weighted by Crippen LogP contribution is -2.00. The summed E-state index contributed by atoms with van der Waals surface area (Å²) in [6.45, 7) is 2.12. The molecule has 1 heterocycles. The average Bonchev–Trinajstić information content (AvgIpc) is 2.57. The predicted octanol–water partition coefficient (Wildman–Crippen LogP) is 4.31. The van der Waals surface area contributed by atoms with E-state index in [1.165, 1.54) is 33.7 Å². The number of carbonyl (C=O) groups is 1. The Balaban J connectivity index is 1.97. The summed E-state index contributed by atoms with van der Waals surface area (Å²) in [7, 11) is 0. The number of fused-ring (bicyclic) bond motifs is 1. The molecule has 0 radical (unpaired) electrons. The molecule has 0 amide bonds. The van der Waals surface area contributed by atoms with Crippen molar-refractivity contribution in [2.24, 2.45) is 0 Å². The molecule has 2 aromatic carbocycles. The molecule has 3 rings (SSSR count). The van der Waals surface area contributed by atoms with Gasteiger partial charge >= 0.3 is 5.97 Å². The maximum atomic E-state index is 10.8. The molecule has 0 unspecified atom stereocenters. The van der Waals surface area contributed by atoms with Crippen molar-refractivity contribution >= 4 is 28.5 Å². The number of benzene rings is 2. The van der Waals surface area contributed by atoms with Gasteiger partial charge in [0.05, 0.1) is 5.75 Å². The van der Waals surface area contributed by atoms with Crippen molar-refractivity contribution in [3.63, 3.8) is 0 Å². The van der Waals surface area contributed by atoms with Crippen molar-refractivity contribution in [1.29, 1.82) is 0 Å². The lowest BCUT2D eigenvalue weighted by Gasteiger charge is -2.11. The van der Waals surface area contributed by atoms with Gasteiger partial charge < -0.3 is 5.11 Å². The van der Waals surface area contributed by atoms with Crippen LogP contribution in [-0.2, 0) is 11.2 Å². The summed E-state index contributed by atoms with van der Waals surface area (Å²) < 4.78 is 0. The minimum absolute atomic E-state index is 0.0612. The van der Waals surface area contributed by atoms with Crippen LogP contribution in [0.2, 0.25) is 0 Å². The quantitative estimate of drug-likeness (QED) is 0.711. The van der Waals surface area contributed by atoms with E-state index in [4.69, 9.17) is 5.11 Å². The van der Waals surface area contributed by atoms with Crippen LogP contribution in [0.3, 0.4) is 0 Å². The summed E-state index contributed by atoms with van der Waals surface area (Å²) >= 11 is 1.34. The highest BCUT2D eigenvalue weighted by molar-refractivity contribution is 8.00. The molecule has 3 nitrogen and oxygen atoms in total. The molecule has 0 aliphatic heterocycles. The number of carboxylic acids is 1. The summed E-state index contributed by atoms with van der Waals surface area (Å²) in [5, 5.41) is 11.4. The van der Waals surface area contributed by atoms with E-state index >= 15 is 0 Å². The number of thioether (sulfide) groups is 1. The van der Waals surface area contributed by atoms with Crippen LogP contribution in [0.25, 0.3) is 10.8 Å². The van der Waals surface area contributed by atoms with Gasteiger partial charge in [0.25, 0.3) is 0 Å². The molecule has 0 aliphatic carbocycles. The zero-order valence-electron chi connectivity index (χ0n) is 12.8. The standard InChI is InChI=1S/C19H17NO2S/c1-13-6-7-14(17-5-3-2-4-16(13)17)10-15-11-20-9-8-18(15)23-12-19(21)22/h2-9,11H,10,12H2,1H3,(H,21,22). The van der Waals surface area contributed by atoms with Gasteiger partial charge in [0, 0.05) is 23.7 Å². The second-order valence-electron chi connectivity index (χ2n) is 5.43. The Morgan fingerprint density at radius 2 is 1.87 bits per heavy atom. The molecule has 0 bridgehead atoms. The van der Waals surface area contributed by atoms with Gasteiger partial charge in [-0.15, -0.1) is 11.8 Å². The van der Waals surface area contributed by atoms with E-state index in [1.807, 2.05) is 12.3 Å². The number of pyridine rings is 1. The van der Waals surface area contributed by atoms with E-state index in [2.05, 4.69) is 48.3 Å². The van der Waals surface area contributed by atoms with Crippen LogP contribution in [0.4, 0.5) is 0 Å². The maximum absolute atomic E-state index is 10.8. The Morgan fingerprint density at radius 3 is 2.65 bits per heavy atom. The van der Waals surface area contributed by atoms with Gasteiger partial charge in [-0.05, 0) is 40.5 Å². The molecule has 1 aromatic heterocycles. The first-order valence-electron chi connectivity index (χ1n) is 7.40. The Labute approximate surface area is 139 Å². The molecule has 0 aliphatic rings. The van der Waals surface area contributed by atoms with E-state index in [9.17, 15) is 4.79 Å². The highest BCUT2D eigenvalue weighted by Gasteiger charge is 2.09. The summed E-state index contributed by atoms with van der Waals surface area (Å²) in [6, 6.07) is 14.6. The number of nitrogens with zero attached hydrogens (tertiary/aromatic N) is 1. The topological polar surface area (TPSA) is 50.2 Å². The number of aryl methyl sites for hydroxylation is 1. The first kappa shape index (κ1) is 15.6. The van der Waals surface area contributed by atoms with Crippen molar-refractivity contribution in [3.8, 4) is 0 Å². The Morgan fingerprint density at radius 1 is 1.09 bits per heavy atom. The Kier molecular flexibility index (Phi) is 4.63. The van der Waals surface area contributed by atoms with Gasteiger partial charge in [-0.25, -0.2) is 0 Å². The van der Waals surface area contributed by atoms with Crippen molar-refractivity contribution in [2.75, 3.05) is 5.75 Å². The van der Waals surface area contributed by atoms with Gasteiger partial charge in [0.2, 0.25) is 0 Å². The maximum Gasteiger partial charge on any atom is 0.313 e. The van der Waals surface area contributed by atoms with E-state index in [1.54, 1.807) is 6.20 Å². The zero-order chi connectivity index (χ0) is 16.2. The van der Waals surface area contributed by atoms with Crippen LogP contribution >= 0.6 is 11.8 Å². The molecule has 1 N–H and O–H groups in total. The number of aliphatic carboxylic acids is 1. The van der Waals surface area contributed by atoms with Gasteiger partial charge in [0.15, 0.2) is 0 Å². The molecule has 0 spiro atoms. The summed E-state index contributed by atoms with van der Waals surface area (Å²) in [5.74, 6) is -0.746. The smallest absolute Gasteiger partial charge is 0.313 e. The lowest BCUT2D eigenvalue weighted by atomic mass is 9.96. The third-order valence-electron chi connectivity index (χ3n) is 3.82. The molecule has 0 fully saturated rings. The van der Waals surface area contributed by atoms with E-state index in [0.717, 1.165) is 16.9 Å². The summed E-state index contributed by atoms with van der Waals surface area (Å²) in [5.41, 5.74) is 3.56. The molecule has 4 heteroatoms. The van der Waals surface area contributed by atoms with Crippen molar-refractivity contribution in [1.82, 2.24) is 4.98 Å². The SMILES string of the molecule is Cc1ccc(Cc2cnccc2SCC(=O)O)c2ccccc12. The average molecular weight is 323 g/mol. The summed E-state index contributed by atoms with van der Waals surface area (Å²) in [4.78, 5) is 16.0. The van der Waals surface area contributed by atoms with Gasteiger partial charge in [0.1, 0.15) is 0 Å². The fourth-order valence-electron chi connectivity index (χ4n) is 2.70. The van der Waals surface area contributed by atoms with E-state index in [0.29, 0.717) is 0 Å². The van der Waals surface area contributed by atoms with Crippen LogP contribution in [0.15, 0.2) is 59.8 Å². The molecular formula is C19H17NO2S. The molecule has 116 valence electrons. The lowest BCUT2D eigenvalue weighted by molar-refractivity contribution is -0.133. The number of aromatic nitrogens is 1. The van der Waals surface area contributed by atoms with Crippen LogP contribution in [0.5, 0.6) is 0 Å². The number of rotatable bonds is 5. The fourth-order valence-corrected chi connectivity index (χ4v) is 3.45. The van der Waals surface area contributed by atoms with Crippen LogP contribution in [0, 0.1) is 6.92 Å². The van der Waals surface area contributed by atoms with Crippen molar-refractivity contribution < 1.29 is 9.90 Å². The second kappa shape index (κ2) is 6.84. The van der Waals surface area contributed by atoms with Crippen molar-refractivity contribution in [2.45, 2.75) is 18.2 Å². The number of hydrogen-bond donors (Lipinski definition) is 1. The van der Waals surface area contributed by atoms with E-state index in [-0.39, 0.29) is 5.75 Å². The zero-order valence-corrected chi connectivity index (χ0v) is 13.6. The van der Waals surface area contributed by atoms with Crippen LogP contribution in [0.1, 0.15) is 16.7 Å². The van der Waals surface area contributed by atoms with Crippen molar-refractivity contribution in [3.05, 3.63) is 71.5 Å². The highest BCUT2D eigenvalue weighted by atomic mass is 32.2. The molecule has 0 saturated carbocycles. The van der Waals surface area contributed by atoms with Crippen LogP contribution in [-0.4, -0.2) is 21.8 Å². The molecular weight excluding hydrogens is 306 g/mol. The van der Waals surface area contributed by atoms with Gasteiger partial charge in [-0.3, -0.25) is 9.78 Å². The molecule has 3 aromatic rings. The molecule has 0 atom stereocenters. The Bertz CT molecular complexity index is 861. The first-order chi connectivity index (χ1) is 11.1. The number of carboxylic acid groups (broad SMARTS) is 1. The molecule has 0 saturated heterocycles. The molecule has 23 heavy (non-hydrogen) atoms. The minimum atomic E-state index is -0.807. The largest absolute Gasteiger partial charge is 0.481 e. The number of hydrogen-bond acceptors (Lipinski definition) is 3. The van der Waals surface area contributed by atoms with Crippen LogP contribution < -0.4 is 0 Å². The normalized spacial score (nSPS) is 10.8. The third-order valence-corrected chi connectivity index (χ3v) is 4.92. The van der Waals surface area contributed by atoms with Gasteiger partial charge in [-0.2, -0.15) is 0 Å². The first-order valence-corrected chi connectivity index (χ1v) is 8.38. The summed E-state index contributed by atoms with van der Waals surface area (Å²) in [6.07, 6.45) is 4.29. The Hall–Kier alpha value is -2.33. The monoisotopic (exact) mass is 323 g/mol.